The number of methoxy groups -OCH3 is 1. The Bertz CT molecular complexity index is 667. The molecule has 0 saturated carbocycles. The summed E-state index contributed by atoms with van der Waals surface area (Å²) in [7, 11) is -1.64. The third kappa shape index (κ3) is 3.30. The zero-order valence-electron chi connectivity index (χ0n) is 13.0. The molecular formula is C14H20N4O4S. The van der Waals surface area contributed by atoms with E-state index in [9.17, 15) is 13.2 Å². The van der Waals surface area contributed by atoms with E-state index in [0.29, 0.717) is 25.6 Å². The molecule has 0 spiro atoms. The molecule has 1 aromatic rings. The number of carbonyl (C=O) groups excluding carboxylic acids is 1. The van der Waals surface area contributed by atoms with Crippen LogP contribution in [0.3, 0.4) is 0 Å². The zero-order valence-corrected chi connectivity index (χ0v) is 13.8. The molecule has 2 saturated heterocycles. The molecule has 2 fully saturated rings. The van der Waals surface area contributed by atoms with Crippen molar-refractivity contribution in [3.8, 4) is 0 Å². The summed E-state index contributed by atoms with van der Waals surface area (Å²) in [4.78, 5) is 24.4. The molecule has 0 N–H and O–H groups in total. The number of aromatic nitrogens is 2. The van der Waals surface area contributed by atoms with Gasteiger partial charge in [0.1, 0.15) is 0 Å². The maximum absolute atomic E-state index is 12.4. The van der Waals surface area contributed by atoms with Gasteiger partial charge in [-0.15, -0.1) is 0 Å². The molecule has 126 valence electrons. The van der Waals surface area contributed by atoms with E-state index in [1.807, 2.05) is 4.90 Å². The second kappa shape index (κ2) is 6.40. The predicted molar refractivity (Wildman–Crippen MR) is 83.8 cm³/mol. The second-order valence-electron chi connectivity index (χ2n) is 5.78. The molecule has 0 aliphatic carbocycles. The lowest BCUT2D eigenvalue weighted by molar-refractivity contribution is -0.135. The first kappa shape index (κ1) is 16.1. The zero-order chi connectivity index (χ0) is 16.4. The first-order valence-electron chi connectivity index (χ1n) is 7.54. The van der Waals surface area contributed by atoms with Crippen LogP contribution in [0.4, 0.5) is 5.95 Å². The molecule has 3 heterocycles. The molecule has 0 bridgehead atoms. The minimum absolute atomic E-state index is 0.000275. The van der Waals surface area contributed by atoms with Crippen LogP contribution >= 0.6 is 0 Å². The Morgan fingerprint density at radius 2 is 1.96 bits per heavy atom. The highest BCUT2D eigenvalue weighted by Crippen LogP contribution is 2.29. The van der Waals surface area contributed by atoms with Crippen molar-refractivity contribution in [2.75, 3.05) is 43.2 Å². The van der Waals surface area contributed by atoms with Crippen LogP contribution in [0.5, 0.6) is 0 Å². The lowest BCUT2D eigenvalue weighted by Crippen LogP contribution is -2.61. The van der Waals surface area contributed by atoms with Gasteiger partial charge in [0.2, 0.25) is 11.9 Å². The third-order valence-electron chi connectivity index (χ3n) is 4.33. The number of piperazine rings is 1. The third-order valence-corrected chi connectivity index (χ3v) is 6.02. The summed E-state index contributed by atoms with van der Waals surface area (Å²) in [5.74, 6) is 0.486. The Balaban J connectivity index is 1.84. The number of hydrogen-bond acceptors (Lipinski definition) is 7. The lowest BCUT2D eigenvalue weighted by Gasteiger charge is -2.43. The molecule has 0 aromatic carbocycles. The van der Waals surface area contributed by atoms with E-state index in [2.05, 4.69) is 9.97 Å². The van der Waals surface area contributed by atoms with Crippen LogP contribution in [0.15, 0.2) is 18.5 Å². The van der Waals surface area contributed by atoms with E-state index < -0.39 is 9.84 Å². The molecule has 3 rings (SSSR count). The van der Waals surface area contributed by atoms with Gasteiger partial charge >= 0.3 is 0 Å². The Morgan fingerprint density at radius 1 is 1.26 bits per heavy atom. The van der Waals surface area contributed by atoms with E-state index in [4.69, 9.17) is 4.74 Å². The number of hydrogen-bond donors (Lipinski definition) is 0. The van der Waals surface area contributed by atoms with Gasteiger partial charge in [0, 0.05) is 32.6 Å². The highest BCUT2D eigenvalue weighted by atomic mass is 32.2. The number of ether oxygens (including phenoxy) is 1. The number of sulfone groups is 1. The van der Waals surface area contributed by atoms with Gasteiger partial charge in [-0.25, -0.2) is 18.4 Å². The Morgan fingerprint density at radius 3 is 2.65 bits per heavy atom. The number of amides is 1. The van der Waals surface area contributed by atoms with Crippen LogP contribution in [0.2, 0.25) is 0 Å². The number of fused-ring (bicyclic) bond motifs is 1. The van der Waals surface area contributed by atoms with Crippen LogP contribution in [0.25, 0.3) is 0 Å². The average Bonchev–Trinajstić information content (AvgIpc) is 2.87. The first-order chi connectivity index (χ1) is 11.0. The molecule has 8 nitrogen and oxygen atoms in total. The van der Waals surface area contributed by atoms with Crippen molar-refractivity contribution in [1.29, 1.82) is 0 Å². The largest absolute Gasteiger partial charge is 0.384 e. The molecule has 0 radical (unpaired) electrons. The van der Waals surface area contributed by atoms with Crippen molar-refractivity contribution >= 4 is 21.7 Å². The molecule has 1 amide bonds. The van der Waals surface area contributed by atoms with Gasteiger partial charge in [-0.3, -0.25) is 4.79 Å². The van der Waals surface area contributed by atoms with Gasteiger partial charge in [-0.1, -0.05) is 0 Å². The van der Waals surface area contributed by atoms with Gasteiger partial charge in [-0.2, -0.15) is 0 Å². The molecule has 23 heavy (non-hydrogen) atoms. The van der Waals surface area contributed by atoms with Crippen molar-refractivity contribution in [3.05, 3.63) is 18.5 Å². The van der Waals surface area contributed by atoms with E-state index in [0.717, 1.165) is 0 Å². The molecule has 1 aromatic heterocycles. The summed E-state index contributed by atoms with van der Waals surface area (Å²) in [6, 6.07) is 1.08. The number of carbonyl (C=O) groups is 1. The highest BCUT2D eigenvalue weighted by Gasteiger charge is 2.48. The second-order valence-corrected chi connectivity index (χ2v) is 7.94. The summed E-state index contributed by atoms with van der Waals surface area (Å²) in [5.41, 5.74) is 0. The Kier molecular flexibility index (Phi) is 4.49. The quantitative estimate of drug-likeness (QED) is 0.717. The molecule has 2 aliphatic rings. The Labute approximate surface area is 135 Å². The topological polar surface area (TPSA) is 92.7 Å². The fraction of sp³-hybridized carbons (Fsp3) is 0.643. The van der Waals surface area contributed by atoms with Gasteiger partial charge in [0.25, 0.3) is 0 Å². The van der Waals surface area contributed by atoms with Gasteiger partial charge in [0.15, 0.2) is 9.84 Å². The van der Waals surface area contributed by atoms with Crippen LogP contribution in [0.1, 0.15) is 6.42 Å². The van der Waals surface area contributed by atoms with Gasteiger partial charge in [0.05, 0.1) is 36.6 Å². The minimum atomic E-state index is -3.18. The number of nitrogens with zero attached hydrogens (tertiary/aromatic N) is 4. The summed E-state index contributed by atoms with van der Waals surface area (Å²) in [6.45, 7) is 1.34. The fourth-order valence-electron chi connectivity index (χ4n) is 3.28. The monoisotopic (exact) mass is 340 g/mol. The van der Waals surface area contributed by atoms with Crippen molar-refractivity contribution in [2.24, 2.45) is 0 Å². The van der Waals surface area contributed by atoms with E-state index in [1.165, 1.54) is 0 Å². The molecular weight excluding hydrogens is 320 g/mol. The molecule has 2 aliphatic heterocycles. The van der Waals surface area contributed by atoms with Crippen molar-refractivity contribution in [1.82, 2.24) is 14.9 Å². The van der Waals surface area contributed by atoms with Gasteiger partial charge < -0.3 is 14.5 Å². The average molecular weight is 340 g/mol. The van der Waals surface area contributed by atoms with Crippen molar-refractivity contribution < 1.29 is 17.9 Å². The molecule has 2 atom stereocenters. The number of anilines is 1. The summed E-state index contributed by atoms with van der Waals surface area (Å²) >= 11 is 0. The maximum atomic E-state index is 12.4. The van der Waals surface area contributed by atoms with Crippen LogP contribution in [0, 0.1) is 0 Å². The van der Waals surface area contributed by atoms with Crippen molar-refractivity contribution in [3.63, 3.8) is 0 Å². The van der Waals surface area contributed by atoms with E-state index in [-0.39, 0.29) is 35.9 Å². The highest BCUT2D eigenvalue weighted by molar-refractivity contribution is 7.91. The molecule has 0 unspecified atom stereocenters. The van der Waals surface area contributed by atoms with E-state index in [1.54, 1.807) is 30.5 Å². The standard InChI is InChI=1S/C14H20N4O4S/c1-22-8-3-13(19)17-6-7-18(14-15-4-2-5-16-14)12-10-23(20,21)9-11(12)17/h2,4-5,11-12H,3,6-10H2,1H3/t11-,12+/m0/s1. The lowest BCUT2D eigenvalue weighted by atomic mass is 10.0. The van der Waals surface area contributed by atoms with E-state index >= 15 is 0 Å². The van der Waals surface area contributed by atoms with Gasteiger partial charge in [-0.05, 0) is 6.07 Å². The fourth-order valence-corrected chi connectivity index (χ4v) is 5.26. The van der Waals surface area contributed by atoms with Crippen LogP contribution in [-0.4, -0.2) is 79.6 Å². The van der Waals surface area contributed by atoms with Crippen LogP contribution < -0.4 is 4.90 Å². The Hall–Kier alpha value is -1.74. The molecule has 9 heteroatoms. The summed E-state index contributed by atoms with van der Waals surface area (Å²) < 4.78 is 29.2. The van der Waals surface area contributed by atoms with Crippen molar-refractivity contribution in [2.45, 2.75) is 18.5 Å². The SMILES string of the molecule is COCCC(=O)N1CCN(c2ncccn2)[C@@H]2CS(=O)(=O)C[C@@H]21. The number of rotatable bonds is 4. The minimum Gasteiger partial charge on any atom is -0.384 e. The maximum Gasteiger partial charge on any atom is 0.225 e. The first-order valence-corrected chi connectivity index (χ1v) is 9.36. The normalized spacial score (nSPS) is 26.1. The predicted octanol–water partition coefficient (Wildman–Crippen LogP) is -0.673. The smallest absolute Gasteiger partial charge is 0.225 e. The summed E-state index contributed by atoms with van der Waals surface area (Å²) in [6.07, 6.45) is 3.54. The summed E-state index contributed by atoms with van der Waals surface area (Å²) in [5, 5.41) is 0. The van der Waals surface area contributed by atoms with Crippen LogP contribution in [-0.2, 0) is 19.4 Å².